The lowest BCUT2D eigenvalue weighted by atomic mass is 10.0. The molecule has 1 aromatic heterocycles. The molecule has 2 rings (SSSR count). The third-order valence-corrected chi connectivity index (χ3v) is 3.15. The molecule has 1 aliphatic rings. The maximum Gasteiger partial charge on any atom is 0.179 e. The highest BCUT2D eigenvalue weighted by atomic mass is 16.5. The minimum absolute atomic E-state index is 0.549. The molecule has 0 radical (unpaired) electrons. The largest absolute Gasteiger partial charge is 0.491 e. The third kappa shape index (κ3) is 3.06. The lowest BCUT2D eigenvalue weighted by molar-refractivity contribution is 0.394. The maximum absolute atomic E-state index is 5.27. The average molecular weight is 236 g/mol. The number of nitrogens with one attached hydrogen (secondary N) is 1. The first-order valence-electron chi connectivity index (χ1n) is 6.10. The van der Waals surface area contributed by atoms with Gasteiger partial charge in [0.1, 0.15) is 6.33 Å². The number of hydrogen-bond donors (Lipinski definition) is 1. The Morgan fingerprint density at radius 1 is 1.53 bits per heavy atom. The minimum atomic E-state index is 0.549. The van der Waals surface area contributed by atoms with E-state index in [0.29, 0.717) is 6.04 Å². The van der Waals surface area contributed by atoms with Gasteiger partial charge in [-0.3, -0.25) is 0 Å². The summed E-state index contributed by atoms with van der Waals surface area (Å²) >= 11 is 0. The molecule has 0 spiro atoms. The van der Waals surface area contributed by atoms with E-state index < -0.39 is 0 Å². The molecule has 0 aliphatic carbocycles. The van der Waals surface area contributed by atoms with Crippen molar-refractivity contribution in [1.29, 1.82) is 0 Å². The van der Waals surface area contributed by atoms with Crippen LogP contribution in [0, 0.1) is 0 Å². The van der Waals surface area contributed by atoms with Crippen LogP contribution >= 0.6 is 0 Å². The van der Waals surface area contributed by atoms with Crippen LogP contribution in [0.4, 0.5) is 5.82 Å². The zero-order valence-corrected chi connectivity index (χ0v) is 10.5. The van der Waals surface area contributed by atoms with Crippen molar-refractivity contribution >= 4 is 5.82 Å². The van der Waals surface area contributed by atoms with Crippen LogP contribution in [0.25, 0.3) is 0 Å². The molecule has 1 atom stereocenters. The number of hydrogen-bond acceptors (Lipinski definition) is 5. The van der Waals surface area contributed by atoms with E-state index in [1.54, 1.807) is 19.6 Å². The van der Waals surface area contributed by atoms with Gasteiger partial charge >= 0.3 is 0 Å². The summed E-state index contributed by atoms with van der Waals surface area (Å²) in [7, 11) is 3.69. The highest BCUT2D eigenvalue weighted by Gasteiger charge is 2.17. The summed E-state index contributed by atoms with van der Waals surface area (Å²) < 4.78 is 5.27. The summed E-state index contributed by atoms with van der Waals surface area (Å²) in [5.74, 6) is 1.58. The monoisotopic (exact) mass is 236 g/mol. The van der Waals surface area contributed by atoms with Crippen molar-refractivity contribution in [2.45, 2.75) is 25.3 Å². The van der Waals surface area contributed by atoms with Gasteiger partial charge in [0.05, 0.1) is 13.3 Å². The van der Waals surface area contributed by atoms with E-state index in [9.17, 15) is 0 Å². The molecule has 1 unspecified atom stereocenters. The molecule has 1 fully saturated rings. The Labute approximate surface area is 102 Å². The second-order valence-electron chi connectivity index (χ2n) is 4.44. The van der Waals surface area contributed by atoms with Crippen LogP contribution in [-0.4, -0.2) is 43.3 Å². The van der Waals surface area contributed by atoms with Gasteiger partial charge < -0.3 is 15.0 Å². The Hall–Kier alpha value is -1.36. The second kappa shape index (κ2) is 5.82. The van der Waals surface area contributed by atoms with Gasteiger partial charge in [0.25, 0.3) is 0 Å². The minimum Gasteiger partial charge on any atom is -0.491 e. The molecule has 0 bridgehead atoms. The van der Waals surface area contributed by atoms with Gasteiger partial charge in [-0.2, -0.15) is 0 Å². The fourth-order valence-corrected chi connectivity index (χ4v) is 2.24. The molecule has 1 aromatic rings. The Bertz CT molecular complexity index is 352. The molecule has 0 saturated carbocycles. The van der Waals surface area contributed by atoms with Crippen LogP contribution in [0.2, 0.25) is 0 Å². The topological polar surface area (TPSA) is 50.3 Å². The summed E-state index contributed by atoms with van der Waals surface area (Å²) in [5, 5.41) is 3.53. The van der Waals surface area contributed by atoms with E-state index in [0.717, 1.165) is 24.7 Å². The zero-order chi connectivity index (χ0) is 12.1. The van der Waals surface area contributed by atoms with E-state index in [-0.39, 0.29) is 0 Å². The SMILES string of the molecule is COc1cncnc1N(C)CC1CCCCN1. The van der Waals surface area contributed by atoms with E-state index in [4.69, 9.17) is 4.74 Å². The van der Waals surface area contributed by atoms with Gasteiger partial charge in [0, 0.05) is 19.6 Å². The number of methoxy groups -OCH3 is 1. The molecule has 94 valence electrons. The predicted molar refractivity (Wildman–Crippen MR) is 67.5 cm³/mol. The van der Waals surface area contributed by atoms with Crippen LogP contribution in [-0.2, 0) is 0 Å². The smallest absolute Gasteiger partial charge is 0.179 e. The lowest BCUT2D eigenvalue weighted by Gasteiger charge is -2.29. The van der Waals surface area contributed by atoms with Crippen molar-refractivity contribution in [1.82, 2.24) is 15.3 Å². The molecule has 2 heterocycles. The van der Waals surface area contributed by atoms with E-state index in [1.807, 2.05) is 7.05 Å². The van der Waals surface area contributed by atoms with Crippen molar-refractivity contribution in [2.75, 3.05) is 32.1 Å². The fraction of sp³-hybridized carbons (Fsp3) is 0.667. The Morgan fingerprint density at radius 2 is 2.41 bits per heavy atom. The average Bonchev–Trinajstić information content (AvgIpc) is 2.40. The lowest BCUT2D eigenvalue weighted by Crippen LogP contribution is -2.42. The normalized spacial score (nSPS) is 20.0. The summed E-state index contributed by atoms with van der Waals surface area (Å²) in [6, 6.07) is 0.549. The molecule has 5 heteroatoms. The number of ether oxygens (including phenoxy) is 1. The van der Waals surface area contributed by atoms with Crippen molar-refractivity contribution in [3.8, 4) is 5.75 Å². The van der Waals surface area contributed by atoms with Gasteiger partial charge in [-0.25, -0.2) is 9.97 Å². The summed E-state index contributed by atoms with van der Waals surface area (Å²) in [6.45, 7) is 2.08. The second-order valence-corrected chi connectivity index (χ2v) is 4.44. The number of piperidine rings is 1. The first-order chi connectivity index (χ1) is 8.31. The van der Waals surface area contributed by atoms with Crippen molar-refractivity contribution in [3.05, 3.63) is 12.5 Å². The highest BCUT2D eigenvalue weighted by Crippen LogP contribution is 2.23. The van der Waals surface area contributed by atoms with E-state index in [1.165, 1.54) is 19.3 Å². The quantitative estimate of drug-likeness (QED) is 0.847. The molecule has 5 nitrogen and oxygen atoms in total. The summed E-state index contributed by atoms with van der Waals surface area (Å²) in [4.78, 5) is 10.4. The third-order valence-electron chi connectivity index (χ3n) is 3.15. The van der Waals surface area contributed by atoms with Crippen LogP contribution < -0.4 is 15.0 Å². The van der Waals surface area contributed by atoms with Crippen molar-refractivity contribution in [3.63, 3.8) is 0 Å². The Morgan fingerprint density at radius 3 is 3.12 bits per heavy atom. The molecular formula is C12H20N4O. The van der Waals surface area contributed by atoms with Gasteiger partial charge in [-0.1, -0.05) is 6.42 Å². The standard InChI is InChI=1S/C12H20N4O/c1-16(8-10-5-3-4-6-14-10)12-11(17-2)7-13-9-15-12/h7,9-10,14H,3-6,8H2,1-2H3. The van der Waals surface area contributed by atoms with Crippen molar-refractivity contribution < 1.29 is 4.74 Å². The fourth-order valence-electron chi connectivity index (χ4n) is 2.24. The van der Waals surface area contributed by atoms with E-state index >= 15 is 0 Å². The van der Waals surface area contributed by atoms with Gasteiger partial charge in [0.15, 0.2) is 11.6 Å². The number of rotatable bonds is 4. The van der Waals surface area contributed by atoms with Crippen LogP contribution in [0.15, 0.2) is 12.5 Å². The number of nitrogens with zero attached hydrogens (tertiary/aromatic N) is 3. The molecule has 17 heavy (non-hydrogen) atoms. The molecule has 1 aliphatic heterocycles. The molecule has 1 N–H and O–H groups in total. The summed E-state index contributed by atoms with van der Waals surface area (Å²) in [6.07, 6.45) is 7.09. The van der Waals surface area contributed by atoms with Gasteiger partial charge in [-0.05, 0) is 19.4 Å². The van der Waals surface area contributed by atoms with Crippen molar-refractivity contribution in [2.24, 2.45) is 0 Å². The molecule has 0 aromatic carbocycles. The maximum atomic E-state index is 5.27. The van der Waals surface area contributed by atoms with E-state index in [2.05, 4.69) is 20.2 Å². The number of likely N-dealkylation sites (N-methyl/N-ethyl adjacent to an activating group) is 1. The van der Waals surface area contributed by atoms with Crippen LogP contribution in [0.5, 0.6) is 5.75 Å². The predicted octanol–water partition coefficient (Wildman–Crippen LogP) is 1.06. The first-order valence-corrected chi connectivity index (χ1v) is 6.10. The zero-order valence-electron chi connectivity index (χ0n) is 10.5. The Kier molecular flexibility index (Phi) is 4.14. The van der Waals surface area contributed by atoms with Crippen LogP contribution in [0.1, 0.15) is 19.3 Å². The van der Waals surface area contributed by atoms with Crippen LogP contribution in [0.3, 0.4) is 0 Å². The summed E-state index contributed by atoms with van der Waals surface area (Å²) in [5.41, 5.74) is 0. The molecular weight excluding hydrogens is 216 g/mol. The Balaban J connectivity index is 2.00. The highest BCUT2D eigenvalue weighted by molar-refractivity contribution is 5.50. The van der Waals surface area contributed by atoms with Gasteiger partial charge in [-0.15, -0.1) is 0 Å². The molecule has 1 saturated heterocycles. The van der Waals surface area contributed by atoms with Gasteiger partial charge in [0.2, 0.25) is 0 Å². The first kappa shape index (κ1) is 12.1. The number of aromatic nitrogens is 2. The molecule has 0 amide bonds. The number of anilines is 1.